The number of aliphatic hydroxyl groups is 1. The van der Waals surface area contributed by atoms with Crippen molar-refractivity contribution in [2.75, 3.05) is 40.3 Å². The van der Waals surface area contributed by atoms with Crippen molar-refractivity contribution < 1.29 is 9.84 Å². The Morgan fingerprint density at radius 2 is 2.22 bits per heavy atom. The van der Waals surface area contributed by atoms with E-state index in [0.29, 0.717) is 13.2 Å². The van der Waals surface area contributed by atoms with E-state index in [2.05, 4.69) is 26.1 Å². The number of rotatable bonds is 8. The molecule has 18 heavy (non-hydrogen) atoms. The molecule has 1 atom stereocenters. The smallest absolute Gasteiger partial charge is 0.120 e. The molecule has 102 valence electrons. The van der Waals surface area contributed by atoms with Gasteiger partial charge >= 0.3 is 0 Å². The summed E-state index contributed by atoms with van der Waals surface area (Å²) < 4.78 is 6.47. The number of aliphatic hydroxyl groups excluding tert-OH is 1. The summed E-state index contributed by atoms with van der Waals surface area (Å²) in [4.78, 5) is 2.09. The number of nitrogens with one attached hydrogen (secondary N) is 1. The predicted molar refractivity (Wildman–Crippen MR) is 77.1 cm³/mol. The van der Waals surface area contributed by atoms with Crippen molar-refractivity contribution in [1.29, 1.82) is 0 Å². The number of benzene rings is 1. The minimum Gasteiger partial charge on any atom is -0.491 e. The lowest BCUT2D eigenvalue weighted by atomic mass is 10.3. The topological polar surface area (TPSA) is 44.7 Å². The molecule has 1 rings (SSSR count). The number of hydrogen-bond acceptors (Lipinski definition) is 4. The SMILES string of the molecule is CN(C)CCNCC(O)COc1cccc(Br)c1. The molecular formula is C13H21BrN2O2. The summed E-state index contributed by atoms with van der Waals surface area (Å²) in [5.74, 6) is 0.761. The van der Waals surface area contributed by atoms with Gasteiger partial charge in [-0.1, -0.05) is 22.0 Å². The van der Waals surface area contributed by atoms with Gasteiger partial charge in [0.25, 0.3) is 0 Å². The highest BCUT2D eigenvalue weighted by molar-refractivity contribution is 9.10. The Labute approximate surface area is 117 Å². The molecule has 0 fully saturated rings. The van der Waals surface area contributed by atoms with Crippen LogP contribution in [-0.4, -0.2) is 56.4 Å². The van der Waals surface area contributed by atoms with Gasteiger partial charge in [0.15, 0.2) is 0 Å². The van der Waals surface area contributed by atoms with Crippen LogP contribution in [0.25, 0.3) is 0 Å². The van der Waals surface area contributed by atoms with Crippen LogP contribution in [0.4, 0.5) is 0 Å². The van der Waals surface area contributed by atoms with Gasteiger partial charge in [-0.3, -0.25) is 0 Å². The first-order valence-corrected chi connectivity index (χ1v) is 6.79. The van der Waals surface area contributed by atoms with Gasteiger partial charge in [-0.2, -0.15) is 0 Å². The van der Waals surface area contributed by atoms with Gasteiger partial charge < -0.3 is 20.1 Å². The zero-order chi connectivity index (χ0) is 13.4. The highest BCUT2D eigenvalue weighted by Gasteiger charge is 2.05. The average Bonchev–Trinajstić information content (AvgIpc) is 2.32. The molecule has 0 heterocycles. The van der Waals surface area contributed by atoms with Crippen LogP contribution in [0, 0.1) is 0 Å². The molecule has 0 aromatic heterocycles. The third-order valence-electron chi connectivity index (χ3n) is 2.35. The third-order valence-corrected chi connectivity index (χ3v) is 2.85. The fourth-order valence-electron chi connectivity index (χ4n) is 1.38. The van der Waals surface area contributed by atoms with Crippen molar-refractivity contribution in [2.45, 2.75) is 6.10 Å². The summed E-state index contributed by atoms with van der Waals surface area (Å²) >= 11 is 3.37. The molecule has 0 amide bonds. The molecule has 5 heteroatoms. The molecule has 0 aliphatic rings. The van der Waals surface area contributed by atoms with Crippen molar-refractivity contribution in [3.05, 3.63) is 28.7 Å². The maximum Gasteiger partial charge on any atom is 0.120 e. The Kier molecular flexibility index (Phi) is 7.27. The van der Waals surface area contributed by atoms with Gasteiger partial charge in [-0.25, -0.2) is 0 Å². The van der Waals surface area contributed by atoms with Crippen LogP contribution in [0.3, 0.4) is 0 Å². The van der Waals surface area contributed by atoms with Crippen LogP contribution in [0.15, 0.2) is 28.7 Å². The Balaban J connectivity index is 2.15. The van der Waals surface area contributed by atoms with E-state index in [1.165, 1.54) is 0 Å². The quantitative estimate of drug-likeness (QED) is 0.710. The molecular weight excluding hydrogens is 296 g/mol. The second-order valence-corrected chi connectivity index (χ2v) is 5.35. The number of likely N-dealkylation sites (N-methyl/N-ethyl adjacent to an activating group) is 1. The van der Waals surface area contributed by atoms with Crippen molar-refractivity contribution >= 4 is 15.9 Å². The second kappa shape index (κ2) is 8.48. The van der Waals surface area contributed by atoms with E-state index < -0.39 is 6.10 Å². The van der Waals surface area contributed by atoms with Crippen LogP contribution in [0.2, 0.25) is 0 Å². The zero-order valence-corrected chi connectivity index (χ0v) is 12.5. The second-order valence-electron chi connectivity index (χ2n) is 4.43. The van der Waals surface area contributed by atoms with Crippen molar-refractivity contribution in [2.24, 2.45) is 0 Å². The van der Waals surface area contributed by atoms with Gasteiger partial charge in [0.2, 0.25) is 0 Å². The highest BCUT2D eigenvalue weighted by Crippen LogP contribution is 2.17. The van der Waals surface area contributed by atoms with Crippen LogP contribution in [0.5, 0.6) is 5.75 Å². The first kappa shape index (κ1) is 15.4. The lowest BCUT2D eigenvalue weighted by molar-refractivity contribution is 0.106. The molecule has 0 aliphatic carbocycles. The molecule has 0 aliphatic heterocycles. The van der Waals surface area contributed by atoms with Crippen LogP contribution < -0.4 is 10.1 Å². The van der Waals surface area contributed by atoms with Crippen molar-refractivity contribution in [3.8, 4) is 5.75 Å². The number of ether oxygens (including phenoxy) is 1. The molecule has 1 aromatic carbocycles. The van der Waals surface area contributed by atoms with E-state index in [4.69, 9.17) is 4.74 Å². The number of nitrogens with zero attached hydrogens (tertiary/aromatic N) is 1. The van der Waals surface area contributed by atoms with E-state index in [1.54, 1.807) is 0 Å². The summed E-state index contributed by atoms with van der Waals surface area (Å²) in [5, 5.41) is 12.9. The molecule has 0 bridgehead atoms. The molecule has 1 unspecified atom stereocenters. The first-order chi connectivity index (χ1) is 8.58. The minimum absolute atomic E-state index is 0.297. The number of hydrogen-bond donors (Lipinski definition) is 2. The maximum atomic E-state index is 9.73. The largest absolute Gasteiger partial charge is 0.491 e. The summed E-state index contributed by atoms with van der Waals surface area (Å²) in [6.07, 6.45) is -0.494. The van der Waals surface area contributed by atoms with Gasteiger partial charge in [0.1, 0.15) is 18.5 Å². The Morgan fingerprint density at radius 1 is 1.44 bits per heavy atom. The van der Waals surface area contributed by atoms with Crippen LogP contribution in [0.1, 0.15) is 0 Å². The standard InChI is InChI=1S/C13H21BrN2O2/c1-16(2)7-6-15-9-12(17)10-18-13-5-3-4-11(14)8-13/h3-5,8,12,15,17H,6-7,9-10H2,1-2H3. The molecule has 1 aromatic rings. The summed E-state index contributed by atoms with van der Waals surface area (Å²) in [7, 11) is 4.04. The summed E-state index contributed by atoms with van der Waals surface area (Å²) in [5.41, 5.74) is 0. The lowest BCUT2D eigenvalue weighted by Gasteiger charge is -2.15. The Bertz CT molecular complexity index is 348. The van der Waals surface area contributed by atoms with Crippen LogP contribution in [-0.2, 0) is 0 Å². The van der Waals surface area contributed by atoms with E-state index in [0.717, 1.165) is 23.3 Å². The molecule has 0 radical (unpaired) electrons. The van der Waals surface area contributed by atoms with E-state index >= 15 is 0 Å². The van der Waals surface area contributed by atoms with Crippen LogP contribution >= 0.6 is 15.9 Å². The average molecular weight is 317 g/mol. The highest BCUT2D eigenvalue weighted by atomic mass is 79.9. The third kappa shape index (κ3) is 6.96. The van der Waals surface area contributed by atoms with Crippen molar-refractivity contribution in [3.63, 3.8) is 0 Å². The lowest BCUT2D eigenvalue weighted by Crippen LogP contribution is -2.35. The van der Waals surface area contributed by atoms with Gasteiger partial charge in [0.05, 0.1) is 0 Å². The summed E-state index contributed by atoms with van der Waals surface area (Å²) in [6, 6.07) is 7.59. The van der Waals surface area contributed by atoms with E-state index in [9.17, 15) is 5.11 Å². The van der Waals surface area contributed by atoms with Gasteiger partial charge in [-0.15, -0.1) is 0 Å². The molecule has 0 spiro atoms. The molecule has 0 saturated heterocycles. The van der Waals surface area contributed by atoms with Gasteiger partial charge in [0, 0.05) is 24.1 Å². The Morgan fingerprint density at radius 3 is 2.89 bits per heavy atom. The van der Waals surface area contributed by atoms with Gasteiger partial charge in [-0.05, 0) is 32.3 Å². The number of halogens is 1. The normalized spacial score (nSPS) is 12.7. The van der Waals surface area contributed by atoms with E-state index in [-0.39, 0.29) is 0 Å². The molecule has 0 saturated carbocycles. The molecule has 2 N–H and O–H groups in total. The fourth-order valence-corrected chi connectivity index (χ4v) is 1.76. The predicted octanol–water partition coefficient (Wildman–Crippen LogP) is 1.34. The maximum absolute atomic E-state index is 9.73. The van der Waals surface area contributed by atoms with E-state index in [1.807, 2.05) is 38.4 Å². The first-order valence-electron chi connectivity index (χ1n) is 6.00. The molecule has 4 nitrogen and oxygen atoms in total. The fraction of sp³-hybridized carbons (Fsp3) is 0.538. The van der Waals surface area contributed by atoms with Crippen molar-refractivity contribution in [1.82, 2.24) is 10.2 Å². The zero-order valence-electron chi connectivity index (χ0n) is 10.9. The Hall–Kier alpha value is -0.620. The minimum atomic E-state index is -0.494. The monoisotopic (exact) mass is 316 g/mol. The summed E-state index contributed by atoms with van der Waals surface area (Å²) in [6.45, 7) is 2.66.